The Kier molecular flexibility index (Phi) is 2.92. The number of hydrogen-bond acceptors (Lipinski definition) is 2. The third kappa shape index (κ3) is 2.47. The molecule has 0 radical (unpaired) electrons. The van der Waals surface area contributed by atoms with Gasteiger partial charge in [-0.2, -0.15) is 0 Å². The summed E-state index contributed by atoms with van der Waals surface area (Å²) in [7, 11) is 0. The summed E-state index contributed by atoms with van der Waals surface area (Å²) in [5, 5.41) is 0. The second-order valence-corrected chi connectivity index (χ2v) is 2.08. The Bertz CT molecular complexity index is 333. The number of rotatable bonds is 1. The van der Waals surface area contributed by atoms with Gasteiger partial charge in [-0.25, -0.2) is 4.79 Å². The summed E-state index contributed by atoms with van der Waals surface area (Å²) in [6.45, 7) is 1.90. The van der Waals surface area contributed by atoms with Crippen LogP contribution < -0.4 is 0 Å². The van der Waals surface area contributed by atoms with E-state index < -0.39 is 0 Å². The van der Waals surface area contributed by atoms with E-state index in [1.165, 1.54) is 6.08 Å². The third-order valence-corrected chi connectivity index (χ3v) is 1.15. The molecule has 0 saturated carbocycles. The Labute approximate surface area is 70.8 Å². The van der Waals surface area contributed by atoms with Crippen molar-refractivity contribution in [3.05, 3.63) is 47.6 Å². The van der Waals surface area contributed by atoms with Crippen LogP contribution in [-0.2, 0) is 9.53 Å². The molecule has 0 aromatic rings. The molecule has 1 rings (SSSR count). The molecule has 0 amide bonds. The van der Waals surface area contributed by atoms with Crippen LogP contribution in [0.3, 0.4) is 0 Å². The SMILES string of the molecule is C/C=C/C=C=C=C1C=CC(=O)O1. The van der Waals surface area contributed by atoms with E-state index in [0.29, 0.717) is 5.76 Å². The molecule has 1 aliphatic rings. The molecular formula is C10H8O2. The zero-order valence-electron chi connectivity index (χ0n) is 6.70. The number of carbonyl (C=O) groups excluding carboxylic acids is 1. The smallest absolute Gasteiger partial charge is 0.336 e. The number of cyclic esters (lactones) is 1. The normalized spacial score (nSPS) is 14.4. The second kappa shape index (κ2) is 4.20. The number of ether oxygens (including phenoxy) is 1. The predicted octanol–water partition coefficient (Wildman–Crippen LogP) is 1.87. The fourth-order valence-corrected chi connectivity index (χ4v) is 0.644. The van der Waals surface area contributed by atoms with Crippen LogP contribution in [-0.4, -0.2) is 5.97 Å². The molecule has 0 unspecified atom stereocenters. The van der Waals surface area contributed by atoms with Crippen molar-refractivity contribution in [1.82, 2.24) is 0 Å². The van der Waals surface area contributed by atoms with Gasteiger partial charge in [-0.1, -0.05) is 17.9 Å². The maximum Gasteiger partial charge on any atom is 0.336 e. The first-order valence-corrected chi connectivity index (χ1v) is 3.56. The second-order valence-electron chi connectivity index (χ2n) is 2.08. The average molecular weight is 160 g/mol. The highest BCUT2D eigenvalue weighted by Gasteiger charge is 2.06. The van der Waals surface area contributed by atoms with E-state index in [9.17, 15) is 4.79 Å². The molecule has 12 heavy (non-hydrogen) atoms. The van der Waals surface area contributed by atoms with Crippen LogP contribution in [0, 0.1) is 0 Å². The fourth-order valence-electron chi connectivity index (χ4n) is 0.644. The molecule has 0 bridgehead atoms. The number of esters is 1. The van der Waals surface area contributed by atoms with E-state index in [4.69, 9.17) is 4.74 Å². The molecule has 0 spiro atoms. The van der Waals surface area contributed by atoms with Gasteiger partial charge in [0.05, 0.1) is 0 Å². The molecular weight excluding hydrogens is 152 g/mol. The van der Waals surface area contributed by atoms with Gasteiger partial charge >= 0.3 is 5.97 Å². The lowest BCUT2D eigenvalue weighted by molar-refractivity contribution is -0.132. The highest BCUT2D eigenvalue weighted by molar-refractivity contribution is 5.86. The highest BCUT2D eigenvalue weighted by atomic mass is 16.5. The molecule has 1 heterocycles. The molecule has 0 aromatic carbocycles. The van der Waals surface area contributed by atoms with E-state index in [0.717, 1.165) is 0 Å². The van der Waals surface area contributed by atoms with Crippen LogP contribution in [0.2, 0.25) is 0 Å². The topological polar surface area (TPSA) is 26.3 Å². The van der Waals surface area contributed by atoms with Gasteiger partial charge in [-0.15, -0.1) is 0 Å². The first kappa shape index (κ1) is 8.35. The highest BCUT2D eigenvalue weighted by Crippen LogP contribution is 2.05. The van der Waals surface area contributed by atoms with Crippen molar-refractivity contribution in [3.8, 4) is 0 Å². The molecule has 0 atom stereocenters. The van der Waals surface area contributed by atoms with Gasteiger partial charge in [0.1, 0.15) is 0 Å². The fraction of sp³-hybridized carbons (Fsp3) is 0.100. The summed E-state index contributed by atoms with van der Waals surface area (Å²) < 4.78 is 4.69. The molecule has 0 aliphatic carbocycles. The maximum atomic E-state index is 10.5. The lowest BCUT2D eigenvalue weighted by atomic mass is 10.4. The van der Waals surface area contributed by atoms with E-state index in [1.54, 1.807) is 12.2 Å². The van der Waals surface area contributed by atoms with Gasteiger partial charge in [0.15, 0.2) is 5.76 Å². The summed E-state index contributed by atoms with van der Waals surface area (Å²) in [4.78, 5) is 10.5. The van der Waals surface area contributed by atoms with Crippen molar-refractivity contribution in [2.24, 2.45) is 0 Å². The van der Waals surface area contributed by atoms with Crippen LogP contribution in [0.25, 0.3) is 0 Å². The summed E-state index contributed by atoms with van der Waals surface area (Å²) in [5.41, 5.74) is 5.40. The Morgan fingerprint density at radius 1 is 1.50 bits per heavy atom. The molecule has 2 heteroatoms. The molecule has 2 nitrogen and oxygen atoms in total. The average Bonchev–Trinajstić information content (AvgIpc) is 2.45. The number of hydrogen-bond donors (Lipinski definition) is 0. The number of carbonyl (C=O) groups is 1. The van der Waals surface area contributed by atoms with Crippen LogP contribution >= 0.6 is 0 Å². The van der Waals surface area contributed by atoms with Gasteiger partial charge < -0.3 is 4.74 Å². The Morgan fingerprint density at radius 3 is 2.92 bits per heavy atom. The van der Waals surface area contributed by atoms with E-state index in [-0.39, 0.29) is 5.97 Å². The Balaban J connectivity index is 2.77. The first-order chi connectivity index (χ1) is 5.83. The lowest BCUT2D eigenvalue weighted by Crippen LogP contribution is -1.88. The first-order valence-electron chi connectivity index (χ1n) is 3.56. The monoisotopic (exact) mass is 160 g/mol. The predicted molar refractivity (Wildman–Crippen MR) is 45.2 cm³/mol. The van der Waals surface area contributed by atoms with Crippen LogP contribution in [0.5, 0.6) is 0 Å². The summed E-state index contributed by atoms with van der Waals surface area (Å²) in [5.74, 6) is 0.0473. The Morgan fingerprint density at radius 2 is 2.33 bits per heavy atom. The third-order valence-electron chi connectivity index (χ3n) is 1.15. The minimum atomic E-state index is -0.356. The summed E-state index contributed by atoms with van der Waals surface area (Å²) in [6, 6.07) is 0. The molecule has 1 aliphatic heterocycles. The van der Waals surface area contributed by atoms with Gasteiger partial charge in [-0.3, -0.25) is 0 Å². The van der Waals surface area contributed by atoms with Gasteiger partial charge in [0.2, 0.25) is 0 Å². The molecule has 0 N–H and O–H groups in total. The van der Waals surface area contributed by atoms with E-state index in [1.807, 2.05) is 19.1 Å². The standard InChI is InChI=1S/C10H8O2/c1-2-3-4-5-6-9-7-8-10(11)12-9/h2-4,7-8H,1H3/b3-2+,9-4?. The minimum absolute atomic E-state index is 0.356. The van der Waals surface area contributed by atoms with Crippen molar-refractivity contribution in [2.45, 2.75) is 6.92 Å². The van der Waals surface area contributed by atoms with Crippen molar-refractivity contribution in [3.63, 3.8) is 0 Å². The molecule has 0 fully saturated rings. The quantitative estimate of drug-likeness (QED) is 0.332. The molecule has 60 valence electrons. The molecule has 0 aromatic heterocycles. The zero-order chi connectivity index (χ0) is 8.81. The minimum Gasteiger partial charge on any atom is -0.414 e. The molecule has 0 saturated heterocycles. The van der Waals surface area contributed by atoms with Crippen LogP contribution in [0.4, 0.5) is 0 Å². The number of allylic oxidation sites excluding steroid dienone is 4. The van der Waals surface area contributed by atoms with E-state index >= 15 is 0 Å². The van der Waals surface area contributed by atoms with Crippen molar-refractivity contribution < 1.29 is 9.53 Å². The maximum absolute atomic E-state index is 10.5. The van der Waals surface area contributed by atoms with Crippen LogP contribution in [0.1, 0.15) is 6.92 Å². The van der Waals surface area contributed by atoms with Crippen molar-refractivity contribution >= 4 is 5.97 Å². The van der Waals surface area contributed by atoms with Gasteiger partial charge in [-0.05, 0) is 24.8 Å². The van der Waals surface area contributed by atoms with E-state index in [2.05, 4.69) is 11.5 Å². The summed E-state index contributed by atoms with van der Waals surface area (Å²) >= 11 is 0. The zero-order valence-corrected chi connectivity index (χ0v) is 6.70. The van der Waals surface area contributed by atoms with Crippen molar-refractivity contribution in [1.29, 1.82) is 0 Å². The van der Waals surface area contributed by atoms with Crippen molar-refractivity contribution in [2.75, 3.05) is 0 Å². The van der Waals surface area contributed by atoms with Crippen LogP contribution in [0.15, 0.2) is 47.6 Å². The summed E-state index contributed by atoms with van der Waals surface area (Å²) in [6.07, 6.45) is 8.27. The van der Waals surface area contributed by atoms with Gasteiger partial charge in [0.25, 0.3) is 0 Å². The Hall–Kier alpha value is -1.75. The lowest BCUT2D eigenvalue weighted by Gasteiger charge is -1.85. The largest absolute Gasteiger partial charge is 0.414 e. The van der Waals surface area contributed by atoms with Gasteiger partial charge in [0, 0.05) is 6.08 Å².